The van der Waals surface area contributed by atoms with Crippen molar-refractivity contribution in [1.29, 1.82) is 0 Å². The third-order valence-electron chi connectivity index (χ3n) is 4.68. The molecule has 0 radical (unpaired) electrons. The van der Waals surface area contributed by atoms with Gasteiger partial charge in [-0.25, -0.2) is 5.01 Å². The maximum Gasteiger partial charge on any atom is 0.138 e. The van der Waals surface area contributed by atoms with E-state index in [0.717, 1.165) is 28.4 Å². The fourth-order valence-corrected chi connectivity index (χ4v) is 4.21. The molecule has 3 rings (SSSR count). The van der Waals surface area contributed by atoms with E-state index in [9.17, 15) is 4.91 Å². The highest BCUT2D eigenvalue weighted by Crippen LogP contribution is 2.46. The van der Waals surface area contributed by atoms with Crippen molar-refractivity contribution in [3.8, 4) is 5.75 Å². The van der Waals surface area contributed by atoms with E-state index in [0.29, 0.717) is 17.4 Å². The van der Waals surface area contributed by atoms with Gasteiger partial charge in [-0.05, 0) is 49.9 Å². The first-order valence-corrected chi connectivity index (χ1v) is 9.38. The summed E-state index contributed by atoms with van der Waals surface area (Å²) in [5.41, 5.74) is 1.79. The van der Waals surface area contributed by atoms with Gasteiger partial charge in [-0.15, -0.1) is 4.91 Å². The summed E-state index contributed by atoms with van der Waals surface area (Å²) >= 11 is 9.92. The first-order valence-electron chi connectivity index (χ1n) is 8.20. The smallest absolute Gasteiger partial charge is 0.138 e. The van der Waals surface area contributed by atoms with Gasteiger partial charge in [0.05, 0.1) is 21.9 Å². The first-order chi connectivity index (χ1) is 11.9. The van der Waals surface area contributed by atoms with Gasteiger partial charge in [-0.1, -0.05) is 57.9 Å². The zero-order chi connectivity index (χ0) is 18.0. The van der Waals surface area contributed by atoms with E-state index in [2.05, 4.69) is 21.2 Å². The second-order valence-electron chi connectivity index (χ2n) is 6.87. The molecule has 0 spiro atoms. The first kappa shape index (κ1) is 18.2. The van der Waals surface area contributed by atoms with Crippen molar-refractivity contribution in [2.24, 2.45) is 5.29 Å². The predicted octanol–water partition coefficient (Wildman–Crippen LogP) is 6.28. The van der Waals surface area contributed by atoms with E-state index >= 15 is 0 Å². The third kappa shape index (κ3) is 3.82. The van der Waals surface area contributed by atoms with Crippen molar-refractivity contribution in [2.45, 2.75) is 44.9 Å². The Hall–Kier alpha value is -1.59. The lowest BCUT2D eigenvalue weighted by Gasteiger charge is -2.30. The average molecular weight is 424 g/mol. The summed E-state index contributed by atoms with van der Waals surface area (Å²) in [7, 11) is 0. The van der Waals surface area contributed by atoms with Crippen molar-refractivity contribution in [3.63, 3.8) is 0 Å². The van der Waals surface area contributed by atoms with Crippen molar-refractivity contribution < 1.29 is 4.74 Å². The van der Waals surface area contributed by atoms with E-state index in [1.165, 1.54) is 0 Å². The standard InChI is InChI=1S/C19H20BrClN2O2/c1-19(2)9-8-17(23(19)22-24)14-10-18(16(21)11-15(14)20)25-12-13-6-4-3-5-7-13/h3-7,10-11,17H,8-9,12H2,1-2H3. The second-order valence-corrected chi connectivity index (χ2v) is 8.13. The van der Waals surface area contributed by atoms with Crippen LogP contribution in [-0.2, 0) is 6.61 Å². The number of nitrogens with zero attached hydrogens (tertiary/aromatic N) is 2. The summed E-state index contributed by atoms with van der Waals surface area (Å²) in [5.74, 6) is 0.610. The molecule has 0 aliphatic carbocycles. The van der Waals surface area contributed by atoms with Crippen LogP contribution < -0.4 is 4.74 Å². The highest BCUT2D eigenvalue weighted by Gasteiger charge is 2.41. The van der Waals surface area contributed by atoms with E-state index in [1.54, 1.807) is 5.01 Å². The van der Waals surface area contributed by atoms with Crippen LogP contribution in [0.5, 0.6) is 5.75 Å². The summed E-state index contributed by atoms with van der Waals surface area (Å²) < 4.78 is 6.78. The number of nitroso groups, excluding NO2 is 1. The number of rotatable bonds is 5. The van der Waals surface area contributed by atoms with Gasteiger partial charge in [-0.3, -0.25) is 0 Å². The summed E-state index contributed by atoms with van der Waals surface area (Å²) in [4.78, 5) is 11.4. The molecule has 2 aromatic rings. The Balaban J connectivity index is 1.87. The largest absolute Gasteiger partial charge is 0.487 e. The number of halogens is 2. The zero-order valence-electron chi connectivity index (χ0n) is 14.2. The molecule has 6 heteroatoms. The number of benzene rings is 2. The van der Waals surface area contributed by atoms with Crippen LogP contribution in [0.15, 0.2) is 52.2 Å². The molecule has 1 aliphatic heterocycles. The van der Waals surface area contributed by atoms with Crippen molar-refractivity contribution in [2.75, 3.05) is 0 Å². The van der Waals surface area contributed by atoms with Gasteiger partial charge in [0, 0.05) is 4.47 Å². The van der Waals surface area contributed by atoms with Gasteiger partial charge in [0.1, 0.15) is 12.4 Å². The molecule has 2 aromatic carbocycles. The molecule has 1 saturated heterocycles. The summed E-state index contributed by atoms with van der Waals surface area (Å²) in [6, 6.07) is 13.6. The molecule has 4 nitrogen and oxygen atoms in total. The quantitative estimate of drug-likeness (QED) is 0.532. The van der Waals surface area contributed by atoms with E-state index < -0.39 is 0 Å². The molecule has 1 fully saturated rings. The van der Waals surface area contributed by atoms with Gasteiger partial charge in [0.2, 0.25) is 0 Å². The Morgan fingerprint density at radius 1 is 1.32 bits per heavy atom. The van der Waals surface area contributed by atoms with E-state index in [-0.39, 0.29) is 11.6 Å². The molecule has 132 valence electrons. The molecule has 25 heavy (non-hydrogen) atoms. The predicted molar refractivity (Wildman–Crippen MR) is 104 cm³/mol. The van der Waals surface area contributed by atoms with Crippen LogP contribution in [0.2, 0.25) is 5.02 Å². The Morgan fingerprint density at radius 3 is 2.72 bits per heavy atom. The lowest BCUT2D eigenvalue weighted by molar-refractivity contribution is 0.132. The van der Waals surface area contributed by atoms with Crippen LogP contribution in [0.25, 0.3) is 0 Å². The highest BCUT2D eigenvalue weighted by atomic mass is 79.9. The van der Waals surface area contributed by atoms with Gasteiger partial charge >= 0.3 is 0 Å². The number of hydrogen-bond donors (Lipinski definition) is 0. The minimum absolute atomic E-state index is 0.0850. The van der Waals surface area contributed by atoms with Crippen LogP contribution >= 0.6 is 27.5 Å². The number of ether oxygens (including phenoxy) is 1. The van der Waals surface area contributed by atoms with Gasteiger partial charge in [0.25, 0.3) is 0 Å². The van der Waals surface area contributed by atoms with Crippen molar-refractivity contribution in [3.05, 3.63) is 68.0 Å². The van der Waals surface area contributed by atoms with Crippen molar-refractivity contribution >= 4 is 27.5 Å². The lowest BCUT2D eigenvalue weighted by atomic mass is 10.0. The Labute approximate surface area is 161 Å². The third-order valence-corrected chi connectivity index (χ3v) is 5.66. The summed E-state index contributed by atoms with van der Waals surface area (Å²) in [6.07, 6.45) is 1.76. The minimum Gasteiger partial charge on any atom is -0.487 e. The Morgan fingerprint density at radius 2 is 2.04 bits per heavy atom. The molecule has 1 unspecified atom stereocenters. The fraction of sp³-hybridized carbons (Fsp3) is 0.368. The van der Waals surface area contributed by atoms with Gasteiger partial charge in [0.15, 0.2) is 0 Å². The second kappa shape index (κ2) is 7.34. The molecule has 0 aromatic heterocycles. The number of hydrogen-bond acceptors (Lipinski definition) is 3. The maximum absolute atomic E-state index is 11.4. The van der Waals surface area contributed by atoms with Crippen LogP contribution in [0, 0.1) is 4.91 Å². The molecular formula is C19H20BrClN2O2. The monoisotopic (exact) mass is 422 g/mol. The highest BCUT2D eigenvalue weighted by molar-refractivity contribution is 9.10. The van der Waals surface area contributed by atoms with Crippen LogP contribution in [-0.4, -0.2) is 10.5 Å². The molecule has 1 heterocycles. The molecule has 0 N–H and O–H groups in total. The van der Waals surface area contributed by atoms with E-state index in [1.807, 2.05) is 56.3 Å². The van der Waals surface area contributed by atoms with Crippen LogP contribution in [0.4, 0.5) is 0 Å². The maximum atomic E-state index is 11.4. The SMILES string of the molecule is CC1(C)CCC(c2cc(OCc3ccccc3)c(Cl)cc2Br)N1N=O. The zero-order valence-corrected chi connectivity index (χ0v) is 16.5. The van der Waals surface area contributed by atoms with Crippen LogP contribution in [0.1, 0.15) is 43.9 Å². The molecule has 0 saturated carbocycles. The Kier molecular flexibility index (Phi) is 5.35. The summed E-state index contributed by atoms with van der Waals surface area (Å²) in [5, 5.41) is 5.45. The minimum atomic E-state index is -0.253. The fourth-order valence-electron chi connectivity index (χ4n) is 3.25. The lowest BCUT2D eigenvalue weighted by Crippen LogP contribution is -2.35. The molecular weight excluding hydrogens is 404 g/mol. The Bertz CT molecular complexity index is 768. The molecule has 0 amide bonds. The van der Waals surface area contributed by atoms with Crippen LogP contribution in [0.3, 0.4) is 0 Å². The van der Waals surface area contributed by atoms with Gasteiger partial charge < -0.3 is 4.74 Å². The summed E-state index contributed by atoms with van der Waals surface area (Å²) in [6.45, 7) is 4.50. The van der Waals surface area contributed by atoms with Gasteiger partial charge in [-0.2, -0.15) is 0 Å². The molecule has 1 aliphatic rings. The molecule has 1 atom stereocenters. The average Bonchev–Trinajstić information content (AvgIpc) is 2.89. The topological polar surface area (TPSA) is 41.9 Å². The molecule has 0 bridgehead atoms. The van der Waals surface area contributed by atoms with E-state index in [4.69, 9.17) is 16.3 Å². The normalized spacial score (nSPS) is 19.0. The van der Waals surface area contributed by atoms with Crippen molar-refractivity contribution in [1.82, 2.24) is 5.01 Å².